The lowest BCUT2D eigenvalue weighted by molar-refractivity contribution is 0.278. The van der Waals surface area contributed by atoms with Gasteiger partial charge in [-0.15, -0.1) is 5.10 Å². The highest BCUT2D eigenvalue weighted by molar-refractivity contribution is 7.90. The molecule has 1 fully saturated rings. The minimum atomic E-state index is -3.72. The van der Waals surface area contributed by atoms with Gasteiger partial charge in [0.1, 0.15) is 5.82 Å². The number of nitrogens with zero attached hydrogens (tertiary/aromatic N) is 3. The zero-order valence-electron chi connectivity index (χ0n) is 14.2. The molecule has 0 atom stereocenters. The first-order valence-corrected chi connectivity index (χ1v) is 11.2. The number of hydrogen-bond donors (Lipinski definition) is 0. The van der Waals surface area contributed by atoms with Gasteiger partial charge in [-0.2, -0.15) is 4.31 Å². The van der Waals surface area contributed by atoms with Crippen molar-refractivity contribution in [1.29, 1.82) is 0 Å². The second-order valence-electron chi connectivity index (χ2n) is 6.27. The number of halogens is 1. The van der Waals surface area contributed by atoms with Gasteiger partial charge in [0.2, 0.25) is 25.8 Å². The molecular weight excluding hydrogens is 385 g/mol. The van der Waals surface area contributed by atoms with E-state index in [4.69, 9.17) is 4.42 Å². The van der Waals surface area contributed by atoms with Gasteiger partial charge in [0, 0.05) is 25.3 Å². The number of piperidine rings is 1. The summed E-state index contributed by atoms with van der Waals surface area (Å²) in [6.45, 7) is 1.95. The molecule has 1 saturated heterocycles. The number of sulfone groups is 1. The van der Waals surface area contributed by atoms with E-state index in [2.05, 4.69) is 10.2 Å². The number of sulfonamides is 1. The van der Waals surface area contributed by atoms with Gasteiger partial charge in [-0.05, 0) is 43.5 Å². The van der Waals surface area contributed by atoms with Crippen LogP contribution in [-0.4, -0.2) is 50.7 Å². The summed E-state index contributed by atoms with van der Waals surface area (Å²) in [4.78, 5) is 0.0482. The third-order valence-electron chi connectivity index (χ3n) is 4.31. The van der Waals surface area contributed by atoms with E-state index in [9.17, 15) is 21.2 Å². The van der Waals surface area contributed by atoms with E-state index in [0.717, 1.165) is 12.3 Å². The molecule has 0 saturated carbocycles. The van der Waals surface area contributed by atoms with Gasteiger partial charge >= 0.3 is 5.22 Å². The van der Waals surface area contributed by atoms with Crippen LogP contribution in [0.1, 0.15) is 30.2 Å². The Morgan fingerprint density at radius 2 is 1.81 bits per heavy atom. The van der Waals surface area contributed by atoms with Crippen molar-refractivity contribution in [2.24, 2.45) is 0 Å². The molecule has 0 radical (unpaired) electrons. The predicted octanol–water partition coefficient (Wildman–Crippen LogP) is 1.49. The SMILES string of the molecule is Cc1cc(S(=O)(=O)N2CCC(c3nnc(S(C)(=O)=O)o3)CC2)ccc1F. The standard InChI is InChI=1S/C15H18FN3O5S2/c1-10-9-12(3-4-13(10)16)26(22,23)19-7-5-11(6-8-19)14-17-18-15(24-14)25(2,20)21/h3-4,9,11H,5-8H2,1-2H3. The summed E-state index contributed by atoms with van der Waals surface area (Å²) in [6, 6.07) is 3.70. The largest absolute Gasteiger partial charge is 0.412 e. The molecule has 0 spiro atoms. The maximum Gasteiger partial charge on any atom is 0.335 e. The van der Waals surface area contributed by atoms with Crippen molar-refractivity contribution in [1.82, 2.24) is 14.5 Å². The maximum atomic E-state index is 13.4. The molecule has 1 aliphatic rings. The zero-order valence-corrected chi connectivity index (χ0v) is 15.8. The summed E-state index contributed by atoms with van der Waals surface area (Å²) < 4.78 is 68.1. The van der Waals surface area contributed by atoms with Crippen molar-refractivity contribution in [2.45, 2.75) is 35.8 Å². The Kier molecular flexibility index (Phi) is 4.88. The molecule has 1 aliphatic heterocycles. The monoisotopic (exact) mass is 403 g/mol. The van der Waals surface area contributed by atoms with Crippen molar-refractivity contribution in [3.8, 4) is 0 Å². The van der Waals surface area contributed by atoms with Crippen LogP contribution >= 0.6 is 0 Å². The fraction of sp³-hybridized carbons (Fsp3) is 0.467. The van der Waals surface area contributed by atoms with Crippen LogP contribution in [0, 0.1) is 12.7 Å². The molecular formula is C15H18FN3O5S2. The molecule has 0 unspecified atom stereocenters. The highest BCUT2D eigenvalue weighted by Gasteiger charge is 2.32. The smallest absolute Gasteiger partial charge is 0.335 e. The molecule has 0 bridgehead atoms. The molecule has 8 nitrogen and oxygen atoms in total. The van der Waals surface area contributed by atoms with Crippen LogP contribution in [0.4, 0.5) is 4.39 Å². The number of benzene rings is 1. The molecule has 2 heterocycles. The Morgan fingerprint density at radius 1 is 1.15 bits per heavy atom. The first kappa shape index (κ1) is 18.9. The summed E-state index contributed by atoms with van der Waals surface area (Å²) in [5.41, 5.74) is 0.264. The summed E-state index contributed by atoms with van der Waals surface area (Å²) >= 11 is 0. The van der Waals surface area contributed by atoms with Crippen LogP contribution in [0.25, 0.3) is 0 Å². The third-order valence-corrected chi connectivity index (χ3v) is 7.00. The predicted molar refractivity (Wildman–Crippen MR) is 89.3 cm³/mol. The van der Waals surface area contributed by atoms with Crippen molar-refractivity contribution < 1.29 is 25.6 Å². The molecule has 11 heteroatoms. The van der Waals surface area contributed by atoms with Gasteiger partial charge in [-0.1, -0.05) is 5.10 Å². The van der Waals surface area contributed by atoms with Crippen LogP contribution in [0.15, 0.2) is 32.7 Å². The molecule has 0 aliphatic carbocycles. The summed E-state index contributed by atoms with van der Waals surface area (Å²) in [7, 11) is -7.30. The van der Waals surface area contributed by atoms with Gasteiger partial charge in [0.25, 0.3) is 0 Å². The van der Waals surface area contributed by atoms with Gasteiger partial charge in [-0.25, -0.2) is 21.2 Å². The topological polar surface area (TPSA) is 110 Å². The highest BCUT2D eigenvalue weighted by atomic mass is 32.2. The van der Waals surface area contributed by atoms with Crippen LogP contribution in [-0.2, 0) is 19.9 Å². The molecule has 1 aromatic heterocycles. The molecule has 26 heavy (non-hydrogen) atoms. The normalized spacial score (nSPS) is 17.5. The lowest BCUT2D eigenvalue weighted by atomic mass is 9.98. The first-order valence-electron chi connectivity index (χ1n) is 7.89. The van der Waals surface area contributed by atoms with Gasteiger partial charge in [-0.3, -0.25) is 0 Å². The second-order valence-corrected chi connectivity index (χ2v) is 10.1. The Hall–Kier alpha value is -1.85. The summed E-state index contributed by atoms with van der Waals surface area (Å²) in [6.07, 6.45) is 1.82. The Balaban J connectivity index is 1.73. The van der Waals surface area contributed by atoms with E-state index >= 15 is 0 Å². The van der Waals surface area contributed by atoms with E-state index < -0.39 is 30.9 Å². The van der Waals surface area contributed by atoms with Crippen LogP contribution < -0.4 is 0 Å². The Morgan fingerprint density at radius 3 is 2.35 bits per heavy atom. The number of hydrogen-bond acceptors (Lipinski definition) is 7. The first-order chi connectivity index (χ1) is 12.1. The van der Waals surface area contributed by atoms with Gasteiger partial charge in [0.05, 0.1) is 4.90 Å². The number of aryl methyl sites for hydroxylation is 1. The average molecular weight is 403 g/mol. The molecule has 2 aromatic rings. The van der Waals surface area contributed by atoms with Crippen molar-refractivity contribution >= 4 is 19.9 Å². The molecule has 1 aromatic carbocycles. The van der Waals surface area contributed by atoms with Crippen LogP contribution in [0.2, 0.25) is 0 Å². The third kappa shape index (κ3) is 3.64. The minimum Gasteiger partial charge on any atom is -0.412 e. The van der Waals surface area contributed by atoms with Crippen LogP contribution in [0.5, 0.6) is 0 Å². The van der Waals surface area contributed by atoms with E-state index in [0.29, 0.717) is 12.8 Å². The lowest BCUT2D eigenvalue weighted by Gasteiger charge is -2.29. The van der Waals surface area contributed by atoms with Crippen molar-refractivity contribution in [3.63, 3.8) is 0 Å². The van der Waals surface area contributed by atoms with Crippen LogP contribution in [0.3, 0.4) is 0 Å². The maximum absolute atomic E-state index is 13.4. The average Bonchev–Trinajstić information content (AvgIpc) is 3.08. The van der Waals surface area contributed by atoms with Gasteiger partial charge < -0.3 is 4.42 Å². The number of rotatable bonds is 4. The Bertz CT molecular complexity index is 1030. The lowest BCUT2D eigenvalue weighted by Crippen LogP contribution is -2.38. The van der Waals surface area contributed by atoms with E-state index in [1.54, 1.807) is 0 Å². The quantitative estimate of drug-likeness (QED) is 0.760. The van der Waals surface area contributed by atoms with E-state index in [-0.39, 0.29) is 35.4 Å². The molecule has 142 valence electrons. The zero-order chi connectivity index (χ0) is 19.1. The number of aromatic nitrogens is 2. The highest BCUT2D eigenvalue weighted by Crippen LogP contribution is 2.30. The fourth-order valence-corrected chi connectivity index (χ4v) is 4.79. The second kappa shape index (κ2) is 6.71. The molecule has 3 rings (SSSR count). The van der Waals surface area contributed by atoms with Gasteiger partial charge in [0.15, 0.2) is 0 Å². The molecule has 0 amide bonds. The summed E-state index contributed by atoms with van der Waals surface area (Å²) in [5.74, 6) is -0.472. The van der Waals surface area contributed by atoms with Crippen molar-refractivity contribution in [3.05, 3.63) is 35.5 Å². The Labute approximate surface area is 151 Å². The summed E-state index contributed by atoms with van der Waals surface area (Å²) in [5, 5.41) is 6.85. The van der Waals surface area contributed by atoms with E-state index in [1.807, 2.05) is 0 Å². The molecule has 0 N–H and O–H groups in total. The van der Waals surface area contributed by atoms with Crippen molar-refractivity contribution in [2.75, 3.05) is 19.3 Å². The van der Waals surface area contributed by atoms with E-state index in [1.165, 1.54) is 23.4 Å². The fourth-order valence-electron chi connectivity index (χ4n) is 2.81. The minimum absolute atomic E-state index is 0.0482.